The van der Waals surface area contributed by atoms with E-state index in [1.807, 2.05) is 66.7 Å². The number of methoxy groups -OCH3 is 1. The molecule has 0 bridgehead atoms. The van der Waals surface area contributed by atoms with Crippen LogP contribution < -0.4 is 15.0 Å². The lowest BCUT2D eigenvalue weighted by Gasteiger charge is -2.24. The molecule has 0 aromatic heterocycles. The van der Waals surface area contributed by atoms with Crippen molar-refractivity contribution in [1.82, 2.24) is 0 Å². The number of hydrogen-bond donors (Lipinski definition) is 1. The Morgan fingerprint density at radius 3 is 1.73 bits per heavy atom. The Kier molecular flexibility index (Phi) is 8.33. The van der Waals surface area contributed by atoms with Crippen molar-refractivity contribution in [3.63, 3.8) is 0 Å². The minimum Gasteiger partial charge on any atom is -0.494 e. The molecule has 37 heavy (non-hydrogen) atoms. The average molecular weight is 513 g/mol. The van der Waals surface area contributed by atoms with Crippen LogP contribution in [0.1, 0.15) is 21.5 Å². The summed E-state index contributed by atoms with van der Waals surface area (Å²) >= 11 is 6.62. The molecule has 4 rings (SSSR count). The highest BCUT2D eigenvalue weighted by atomic mass is 35.5. The van der Waals surface area contributed by atoms with E-state index in [9.17, 15) is 14.4 Å². The summed E-state index contributed by atoms with van der Waals surface area (Å²) in [4.78, 5) is 40.8. The fraction of sp³-hybridized carbons (Fsp3) is 0.100. The second-order valence-electron chi connectivity index (χ2n) is 8.27. The summed E-state index contributed by atoms with van der Waals surface area (Å²) in [6.07, 6.45) is 0.0129. The molecule has 6 nitrogen and oxygen atoms in total. The zero-order chi connectivity index (χ0) is 26.2. The van der Waals surface area contributed by atoms with Crippen LogP contribution in [0.5, 0.6) is 5.75 Å². The predicted octanol–water partition coefficient (Wildman–Crippen LogP) is 5.95. The van der Waals surface area contributed by atoms with E-state index >= 15 is 0 Å². The molecule has 0 aliphatic heterocycles. The van der Waals surface area contributed by atoms with Gasteiger partial charge in [0.1, 0.15) is 5.75 Å². The first kappa shape index (κ1) is 25.7. The standard InChI is InChI=1S/C30H25ClN2O4/c1-37-27-20-26(24(31)19-25(27)32-30(36)23-15-9-4-10-16-23)33(28(34)17-21-11-5-2-6-12-21)29(35)18-22-13-7-3-8-14-22/h2-16,19-20H,17-18H2,1H3,(H,32,36). The van der Waals surface area contributed by atoms with Gasteiger partial charge in [-0.3, -0.25) is 14.4 Å². The van der Waals surface area contributed by atoms with Gasteiger partial charge < -0.3 is 10.1 Å². The summed E-state index contributed by atoms with van der Waals surface area (Å²) in [5.74, 6) is -0.956. The Morgan fingerprint density at radius 2 is 1.24 bits per heavy atom. The molecule has 0 spiro atoms. The van der Waals surface area contributed by atoms with Crippen LogP contribution in [-0.2, 0) is 22.4 Å². The maximum atomic E-state index is 13.5. The second-order valence-corrected chi connectivity index (χ2v) is 8.68. The number of benzene rings is 4. The van der Waals surface area contributed by atoms with E-state index in [2.05, 4.69) is 5.32 Å². The van der Waals surface area contributed by atoms with Gasteiger partial charge in [-0.25, -0.2) is 4.90 Å². The fourth-order valence-electron chi connectivity index (χ4n) is 3.87. The summed E-state index contributed by atoms with van der Waals surface area (Å²) in [5, 5.41) is 2.90. The van der Waals surface area contributed by atoms with Crippen LogP contribution in [0.4, 0.5) is 11.4 Å². The number of rotatable bonds is 8. The Hall–Kier alpha value is -4.42. The van der Waals surface area contributed by atoms with E-state index in [1.165, 1.54) is 19.2 Å². The minimum absolute atomic E-state index is 0.00646. The highest BCUT2D eigenvalue weighted by Crippen LogP contribution is 2.37. The van der Waals surface area contributed by atoms with Gasteiger partial charge in [0.2, 0.25) is 11.8 Å². The van der Waals surface area contributed by atoms with E-state index in [0.29, 0.717) is 11.3 Å². The van der Waals surface area contributed by atoms with Crippen molar-refractivity contribution in [1.29, 1.82) is 0 Å². The summed E-state index contributed by atoms with van der Waals surface area (Å²) < 4.78 is 5.50. The number of nitrogens with one attached hydrogen (secondary N) is 1. The summed E-state index contributed by atoms with van der Waals surface area (Å²) in [6.45, 7) is 0. The Bertz CT molecular complexity index is 1340. The van der Waals surface area contributed by atoms with Crippen LogP contribution in [-0.4, -0.2) is 24.8 Å². The lowest BCUT2D eigenvalue weighted by molar-refractivity contribution is -0.125. The maximum absolute atomic E-state index is 13.5. The number of imide groups is 1. The third-order valence-electron chi connectivity index (χ3n) is 5.69. The molecule has 186 valence electrons. The third-order valence-corrected chi connectivity index (χ3v) is 5.99. The zero-order valence-electron chi connectivity index (χ0n) is 20.2. The van der Waals surface area contributed by atoms with Crippen molar-refractivity contribution < 1.29 is 19.1 Å². The molecule has 0 aliphatic rings. The van der Waals surface area contributed by atoms with Gasteiger partial charge >= 0.3 is 0 Å². The molecule has 0 unspecified atom stereocenters. The third kappa shape index (κ3) is 6.42. The van der Waals surface area contributed by atoms with Gasteiger partial charge in [0.05, 0.1) is 36.3 Å². The highest BCUT2D eigenvalue weighted by molar-refractivity contribution is 6.35. The van der Waals surface area contributed by atoms with Crippen LogP contribution in [0.15, 0.2) is 103 Å². The number of carbonyl (C=O) groups excluding carboxylic acids is 3. The van der Waals surface area contributed by atoms with E-state index in [4.69, 9.17) is 16.3 Å². The van der Waals surface area contributed by atoms with Gasteiger partial charge in [-0.15, -0.1) is 0 Å². The molecule has 0 radical (unpaired) electrons. The smallest absolute Gasteiger partial charge is 0.255 e. The predicted molar refractivity (Wildman–Crippen MR) is 145 cm³/mol. The van der Waals surface area contributed by atoms with Gasteiger partial charge in [0.25, 0.3) is 5.91 Å². The Balaban J connectivity index is 1.69. The number of ether oxygens (including phenoxy) is 1. The van der Waals surface area contributed by atoms with Crippen LogP contribution >= 0.6 is 11.6 Å². The molecule has 0 saturated heterocycles. The number of carbonyl (C=O) groups is 3. The van der Waals surface area contributed by atoms with Crippen molar-refractivity contribution in [3.8, 4) is 5.75 Å². The van der Waals surface area contributed by atoms with Gasteiger partial charge in [-0.05, 0) is 29.3 Å². The monoisotopic (exact) mass is 512 g/mol. The highest BCUT2D eigenvalue weighted by Gasteiger charge is 2.27. The molecule has 1 N–H and O–H groups in total. The van der Waals surface area contributed by atoms with Crippen molar-refractivity contribution in [2.24, 2.45) is 0 Å². The fourth-order valence-corrected chi connectivity index (χ4v) is 4.12. The van der Waals surface area contributed by atoms with E-state index in [1.54, 1.807) is 24.3 Å². The summed E-state index contributed by atoms with van der Waals surface area (Å²) in [5.41, 5.74) is 2.48. The topological polar surface area (TPSA) is 75.7 Å². The van der Waals surface area contributed by atoms with Crippen molar-refractivity contribution in [2.75, 3.05) is 17.3 Å². The van der Waals surface area contributed by atoms with Gasteiger partial charge in [0.15, 0.2) is 0 Å². The molecular formula is C30H25ClN2O4. The first-order chi connectivity index (χ1) is 18.0. The van der Waals surface area contributed by atoms with E-state index in [-0.39, 0.29) is 35.2 Å². The van der Waals surface area contributed by atoms with Crippen LogP contribution in [0.3, 0.4) is 0 Å². The summed E-state index contributed by atoms with van der Waals surface area (Å²) in [6, 6.07) is 30.0. The van der Waals surface area contributed by atoms with Crippen LogP contribution in [0.2, 0.25) is 5.02 Å². The van der Waals surface area contributed by atoms with Gasteiger partial charge in [-0.2, -0.15) is 0 Å². The van der Waals surface area contributed by atoms with Gasteiger partial charge in [0, 0.05) is 11.6 Å². The first-order valence-corrected chi connectivity index (χ1v) is 12.0. The zero-order valence-corrected chi connectivity index (χ0v) is 20.9. The minimum atomic E-state index is -0.433. The quantitative estimate of drug-likeness (QED) is 0.317. The Labute approximate surface area is 220 Å². The van der Waals surface area contributed by atoms with Crippen molar-refractivity contribution >= 4 is 40.7 Å². The van der Waals surface area contributed by atoms with E-state index < -0.39 is 11.8 Å². The number of nitrogens with zero attached hydrogens (tertiary/aromatic N) is 1. The number of hydrogen-bond acceptors (Lipinski definition) is 4. The first-order valence-electron chi connectivity index (χ1n) is 11.6. The number of amides is 3. The number of halogens is 1. The second kappa shape index (κ2) is 12.0. The molecule has 7 heteroatoms. The maximum Gasteiger partial charge on any atom is 0.255 e. The molecule has 0 aliphatic carbocycles. The summed E-state index contributed by atoms with van der Waals surface area (Å²) in [7, 11) is 1.44. The molecular weight excluding hydrogens is 488 g/mol. The molecule has 0 heterocycles. The van der Waals surface area contributed by atoms with Gasteiger partial charge in [-0.1, -0.05) is 90.5 Å². The lowest BCUT2D eigenvalue weighted by Crippen LogP contribution is -2.39. The number of anilines is 2. The molecule has 4 aromatic rings. The van der Waals surface area contributed by atoms with Crippen LogP contribution in [0.25, 0.3) is 0 Å². The molecule has 0 fully saturated rings. The average Bonchev–Trinajstić information content (AvgIpc) is 2.91. The lowest BCUT2D eigenvalue weighted by atomic mass is 10.1. The van der Waals surface area contributed by atoms with Crippen LogP contribution in [0, 0.1) is 0 Å². The van der Waals surface area contributed by atoms with Crippen molar-refractivity contribution in [3.05, 3.63) is 125 Å². The van der Waals surface area contributed by atoms with E-state index in [0.717, 1.165) is 16.0 Å². The SMILES string of the molecule is COc1cc(N(C(=O)Cc2ccccc2)C(=O)Cc2ccccc2)c(Cl)cc1NC(=O)c1ccccc1. The molecule has 0 atom stereocenters. The normalized spacial score (nSPS) is 10.4. The largest absolute Gasteiger partial charge is 0.494 e. The molecule has 0 saturated carbocycles. The molecule has 3 amide bonds. The Morgan fingerprint density at radius 1 is 0.757 bits per heavy atom. The van der Waals surface area contributed by atoms with Crippen molar-refractivity contribution in [2.45, 2.75) is 12.8 Å². The molecule has 4 aromatic carbocycles.